The maximum Gasteiger partial charge on any atom is 0.178 e. The number of aromatic nitrogens is 2. The van der Waals surface area contributed by atoms with Gasteiger partial charge in [0.1, 0.15) is 5.82 Å². The Morgan fingerprint density at radius 2 is 2.11 bits per heavy atom. The van der Waals surface area contributed by atoms with Crippen molar-refractivity contribution in [2.24, 2.45) is 5.92 Å². The fraction of sp³-hybridized carbons (Fsp3) is 0.500. The van der Waals surface area contributed by atoms with Crippen molar-refractivity contribution in [3.05, 3.63) is 28.8 Å². The first-order valence-electron chi connectivity index (χ1n) is 6.56. The molecule has 0 bridgehead atoms. The van der Waals surface area contributed by atoms with Crippen molar-refractivity contribution in [2.45, 2.75) is 38.6 Å². The van der Waals surface area contributed by atoms with Gasteiger partial charge < -0.3 is 9.55 Å². The van der Waals surface area contributed by atoms with Crippen LogP contribution in [-0.4, -0.2) is 9.55 Å². The summed E-state index contributed by atoms with van der Waals surface area (Å²) in [7, 11) is 0. The first-order chi connectivity index (χ1) is 8.66. The number of rotatable bonds is 1. The molecule has 4 heteroatoms. The van der Waals surface area contributed by atoms with Gasteiger partial charge in [0.05, 0.1) is 11.0 Å². The van der Waals surface area contributed by atoms with Gasteiger partial charge in [-0.1, -0.05) is 19.8 Å². The minimum atomic E-state index is -0.220. The number of nitrogens with one attached hydrogen (secondary N) is 1. The minimum absolute atomic E-state index is 0.220. The number of H-pyrrole nitrogens is 1. The van der Waals surface area contributed by atoms with E-state index >= 15 is 0 Å². The highest BCUT2D eigenvalue weighted by Crippen LogP contribution is 2.35. The monoisotopic (exact) mass is 264 g/mol. The Kier molecular flexibility index (Phi) is 2.98. The van der Waals surface area contributed by atoms with Crippen molar-refractivity contribution in [3.8, 4) is 0 Å². The smallest absolute Gasteiger partial charge is 0.178 e. The molecule has 2 aromatic rings. The summed E-state index contributed by atoms with van der Waals surface area (Å²) in [5, 5.41) is 0. The molecule has 1 N–H and O–H groups in total. The van der Waals surface area contributed by atoms with Gasteiger partial charge in [-0.05, 0) is 49.2 Å². The topological polar surface area (TPSA) is 20.7 Å². The SMILES string of the molecule is CC1CCCCC1n1c(=S)[nH]c2cc(F)ccc21. The molecule has 2 atom stereocenters. The normalized spacial score (nSPS) is 24.6. The predicted octanol–water partition coefficient (Wildman–Crippen LogP) is 4.59. The van der Waals surface area contributed by atoms with Gasteiger partial charge >= 0.3 is 0 Å². The third kappa shape index (κ3) is 1.88. The number of imidazole rings is 1. The quantitative estimate of drug-likeness (QED) is 0.747. The van der Waals surface area contributed by atoms with Crippen LogP contribution in [-0.2, 0) is 0 Å². The number of halogens is 1. The molecule has 1 aromatic heterocycles. The van der Waals surface area contributed by atoms with Crippen LogP contribution in [0.4, 0.5) is 4.39 Å². The summed E-state index contributed by atoms with van der Waals surface area (Å²) in [5.74, 6) is 0.414. The second-order valence-corrected chi connectivity index (χ2v) is 5.68. The van der Waals surface area contributed by atoms with Gasteiger partial charge in [-0.2, -0.15) is 0 Å². The summed E-state index contributed by atoms with van der Waals surface area (Å²) >= 11 is 5.41. The van der Waals surface area contributed by atoms with Crippen molar-refractivity contribution in [1.82, 2.24) is 9.55 Å². The molecule has 1 aliphatic rings. The molecule has 2 nitrogen and oxygen atoms in total. The number of fused-ring (bicyclic) bond motifs is 1. The van der Waals surface area contributed by atoms with E-state index in [0.29, 0.717) is 16.7 Å². The molecule has 3 rings (SSSR count). The number of hydrogen-bond acceptors (Lipinski definition) is 1. The second-order valence-electron chi connectivity index (χ2n) is 5.29. The Hall–Kier alpha value is -1.16. The van der Waals surface area contributed by atoms with Crippen molar-refractivity contribution in [3.63, 3.8) is 0 Å². The summed E-state index contributed by atoms with van der Waals surface area (Å²) in [5.41, 5.74) is 1.83. The van der Waals surface area contributed by atoms with Crippen LogP contribution in [0.5, 0.6) is 0 Å². The van der Waals surface area contributed by atoms with Gasteiger partial charge in [0.25, 0.3) is 0 Å². The van der Waals surface area contributed by atoms with E-state index in [0.717, 1.165) is 11.0 Å². The maximum atomic E-state index is 13.2. The van der Waals surface area contributed by atoms with Gasteiger partial charge in [0, 0.05) is 6.04 Å². The summed E-state index contributed by atoms with van der Waals surface area (Å²) in [6.45, 7) is 2.29. The number of aromatic amines is 1. The molecule has 0 spiro atoms. The van der Waals surface area contributed by atoms with Crippen molar-refractivity contribution >= 4 is 23.3 Å². The van der Waals surface area contributed by atoms with Crippen LogP contribution < -0.4 is 0 Å². The third-order valence-electron chi connectivity index (χ3n) is 4.08. The van der Waals surface area contributed by atoms with Crippen LogP contribution in [0.15, 0.2) is 18.2 Å². The lowest BCUT2D eigenvalue weighted by Crippen LogP contribution is -2.21. The van der Waals surface area contributed by atoms with E-state index in [2.05, 4.69) is 16.5 Å². The van der Waals surface area contributed by atoms with Crippen LogP contribution in [0, 0.1) is 16.5 Å². The second kappa shape index (κ2) is 4.50. The van der Waals surface area contributed by atoms with E-state index in [1.165, 1.54) is 37.8 Å². The Balaban J connectivity index is 2.16. The molecule has 1 fully saturated rings. The Morgan fingerprint density at radius 1 is 1.33 bits per heavy atom. The summed E-state index contributed by atoms with van der Waals surface area (Å²) < 4.78 is 16.1. The maximum absolute atomic E-state index is 13.2. The van der Waals surface area contributed by atoms with Gasteiger partial charge in [-0.15, -0.1) is 0 Å². The van der Waals surface area contributed by atoms with Crippen LogP contribution in [0.3, 0.4) is 0 Å². The largest absolute Gasteiger partial charge is 0.330 e. The van der Waals surface area contributed by atoms with E-state index in [4.69, 9.17) is 12.2 Å². The molecule has 0 aliphatic heterocycles. The minimum Gasteiger partial charge on any atom is -0.330 e. The first kappa shape index (κ1) is 11.9. The van der Waals surface area contributed by atoms with Crippen LogP contribution in [0.1, 0.15) is 38.6 Å². The lowest BCUT2D eigenvalue weighted by Gasteiger charge is -2.30. The van der Waals surface area contributed by atoms with E-state index in [9.17, 15) is 4.39 Å². The zero-order valence-electron chi connectivity index (χ0n) is 10.4. The lowest BCUT2D eigenvalue weighted by atomic mass is 9.86. The molecule has 2 unspecified atom stereocenters. The highest BCUT2D eigenvalue weighted by atomic mass is 32.1. The van der Waals surface area contributed by atoms with E-state index < -0.39 is 0 Å². The standard InChI is InChI=1S/C14H17FN2S/c1-9-4-2-3-5-12(9)17-13-7-6-10(15)8-11(13)16-14(17)18/h6-9,12H,2-5H2,1H3,(H,16,18). The van der Waals surface area contributed by atoms with Crippen LogP contribution >= 0.6 is 12.2 Å². The fourth-order valence-electron chi connectivity index (χ4n) is 3.11. The van der Waals surface area contributed by atoms with E-state index in [-0.39, 0.29) is 5.82 Å². The third-order valence-corrected chi connectivity index (χ3v) is 4.38. The molecule has 18 heavy (non-hydrogen) atoms. The van der Waals surface area contributed by atoms with Gasteiger partial charge in [0.2, 0.25) is 0 Å². The molecule has 1 saturated carbocycles. The highest BCUT2D eigenvalue weighted by Gasteiger charge is 2.24. The molecule has 1 aromatic carbocycles. The molecule has 0 amide bonds. The summed E-state index contributed by atoms with van der Waals surface area (Å²) in [4.78, 5) is 3.12. The fourth-order valence-corrected chi connectivity index (χ4v) is 3.46. The lowest BCUT2D eigenvalue weighted by molar-refractivity contribution is 0.260. The average Bonchev–Trinajstić information content (AvgIpc) is 2.65. The number of benzene rings is 1. The molecule has 0 radical (unpaired) electrons. The first-order valence-corrected chi connectivity index (χ1v) is 6.97. The van der Waals surface area contributed by atoms with Crippen molar-refractivity contribution < 1.29 is 4.39 Å². The molecular formula is C14H17FN2S. The van der Waals surface area contributed by atoms with Gasteiger partial charge in [0.15, 0.2) is 4.77 Å². The van der Waals surface area contributed by atoms with Crippen molar-refractivity contribution in [1.29, 1.82) is 0 Å². The molecule has 1 heterocycles. The summed E-state index contributed by atoms with van der Waals surface area (Å²) in [6, 6.07) is 5.31. The van der Waals surface area contributed by atoms with Crippen molar-refractivity contribution in [2.75, 3.05) is 0 Å². The van der Waals surface area contributed by atoms with Crippen LogP contribution in [0.2, 0.25) is 0 Å². The number of hydrogen-bond donors (Lipinski definition) is 1. The highest BCUT2D eigenvalue weighted by molar-refractivity contribution is 7.71. The predicted molar refractivity (Wildman–Crippen MR) is 73.7 cm³/mol. The zero-order valence-corrected chi connectivity index (χ0v) is 11.3. The Labute approximate surface area is 111 Å². The molecule has 96 valence electrons. The Morgan fingerprint density at radius 3 is 2.89 bits per heavy atom. The van der Waals surface area contributed by atoms with E-state index in [1.54, 1.807) is 0 Å². The zero-order chi connectivity index (χ0) is 12.7. The molecular weight excluding hydrogens is 247 g/mol. The number of nitrogens with zero attached hydrogens (tertiary/aromatic N) is 1. The van der Waals surface area contributed by atoms with Gasteiger partial charge in [-0.25, -0.2) is 4.39 Å². The summed E-state index contributed by atoms with van der Waals surface area (Å²) in [6.07, 6.45) is 4.98. The molecule has 1 aliphatic carbocycles. The molecule has 0 saturated heterocycles. The Bertz CT molecular complexity index is 628. The van der Waals surface area contributed by atoms with Crippen LogP contribution in [0.25, 0.3) is 11.0 Å². The van der Waals surface area contributed by atoms with E-state index in [1.807, 2.05) is 6.07 Å². The average molecular weight is 264 g/mol. The van der Waals surface area contributed by atoms with Gasteiger partial charge in [-0.3, -0.25) is 0 Å².